The molecule has 0 amide bonds. The Morgan fingerprint density at radius 2 is 2.10 bits per heavy atom. The Morgan fingerprint density at radius 3 is 2.80 bits per heavy atom. The van der Waals surface area contributed by atoms with E-state index in [2.05, 4.69) is 21.5 Å². The summed E-state index contributed by atoms with van der Waals surface area (Å²) in [6, 6.07) is 3.84. The van der Waals surface area contributed by atoms with E-state index >= 15 is 0 Å². The van der Waals surface area contributed by atoms with Gasteiger partial charge in [-0.3, -0.25) is 0 Å². The second-order valence-electron chi connectivity index (χ2n) is 6.11. The number of pyridine rings is 1. The van der Waals surface area contributed by atoms with Crippen LogP contribution >= 0.6 is 12.2 Å². The molecule has 20 heavy (non-hydrogen) atoms. The van der Waals surface area contributed by atoms with E-state index in [0.29, 0.717) is 11.3 Å². The number of imidazole rings is 1. The molecule has 3 rings (SSSR count). The van der Waals surface area contributed by atoms with Crippen molar-refractivity contribution < 1.29 is 4.74 Å². The summed E-state index contributed by atoms with van der Waals surface area (Å²) in [7, 11) is 1.64. The molecule has 4 nitrogen and oxygen atoms in total. The molecule has 1 N–H and O–H groups in total. The van der Waals surface area contributed by atoms with Gasteiger partial charge in [0.15, 0.2) is 10.4 Å². The molecule has 1 aliphatic rings. The number of hydrogen-bond donors (Lipinski definition) is 1. The molecule has 0 radical (unpaired) electrons. The lowest BCUT2D eigenvalue weighted by Gasteiger charge is -2.33. The van der Waals surface area contributed by atoms with E-state index in [0.717, 1.165) is 22.5 Å². The van der Waals surface area contributed by atoms with Crippen LogP contribution in [-0.2, 0) is 6.54 Å². The summed E-state index contributed by atoms with van der Waals surface area (Å²) in [6.45, 7) is 3.30. The molecule has 5 heteroatoms. The number of nitrogens with zero attached hydrogens (tertiary/aromatic N) is 2. The highest BCUT2D eigenvalue weighted by atomic mass is 32.1. The first-order chi connectivity index (χ1) is 9.61. The van der Waals surface area contributed by atoms with E-state index in [4.69, 9.17) is 17.0 Å². The number of aromatic amines is 1. The molecule has 0 aliphatic heterocycles. The van der Waals surface area contributed by atoms with Crippen LogP contribution < -0.4 is 4.74 Å². The molecule has 1 saturated carbocycles. The van der Waals surface area contributed by atoms with Crippen molar-refractivity contribution in [3.05, 3.63) is 16.9 Å². The number of ether oxygens (including phenoxy) is 1. The summed E-state index contributed by atoms with van der Waals surface area (Å²) in [5, 5.41) is 0. The summed E-state index contributed by atoms with van der Waals surface area (Å²) in [5.74, 6) is 0.633. The van der Waals surface area contributed by atoms with Crippen molar-refractivity contribution in [1.82, 2.24) is 14.5 Å². The normalized spacial score (nSPS) is 18.3. The first-order valence-electron chi connectivity index (χ1n) is 7.25. The fourth-order valence-corrected chi connectivity index (χ4v) is 3.48. The van der Waals surface area contributed by atoms with E-state index < -0.39 is 0 Å². The van der Waals surface area contributed by atoms with Crippen LogP contribution in [0.25, 0.3) is 11.2 Å². The second-order valence-corrected chi connectivity index (χ2v) is 6.50. The predicted molar refractivity (Wildman–Crippen MR) is 82.7 cm³/mol. The highest BCUT2D eigenvalue weighted by molar-refractivity contribution is 7.71. The summed E-state index contributed by atoms with van der Waals surface area (Å²) < 4.78 is 8.12. The second kappa shape index (κ2) is 5.20. The summed E-state index contributed by atoms with van der Waals surface area (Å²) in [5.41, 5.74) is 2.22. The zero-order valence-electron chi connectivity index (χ0n) is 12.1. The zero-order chi connectivity index (χ0) is 14.2. The molecule has 0 saturated heterocycles. The fraction of sp³-hybridized carbons (Fsp3) is 0.600. The van der Waals surface area contributed by atoms with Gasteiger partial charge < -0.3 is 14.3 Å². The minimum absolute atomic E-state index is 0.330. The smallest absolute Gasteiger partial charge is 0.215 e. The van der Waals surface area contributed by atoms with Crippen LogP contribution in [0.4, 0.5) is 0 Å². The maximum atomic E-state index is 5.48. The van der Waals surface area contributed by atoms with Gasteiger partial charge in [-0.1, -0.05) is 26.2 Å². The Balaban J connectivity index is 2.01. The van der Waals surface area contributed by atoms with Gasteiger partial charge in [0, 0.05) is 12.6 Å². The molecule has 2 aromatic heterocycles. The predicted octanol–water partition coefficient (Wildman–Crippen LogP) is 4.07. The maximum Gasteiger partial charge on any atom is 0.215 e. The van der Waals surface area contributed by atoms with Gasteiger partial charge in [0.05, 0.1) is 12.6 Å². The summed E-state index contributed by atoms with van der Waals surface area (Å²) in [4.78, 5) is 7.80. The van der Waals surface area contributed by atoms with E-state index in [1.807, 2.05) is 12.1 Å². The van der Waals surface area contributed by atoms with Crippen molar-refractivity contribution in [3.8, 4) is 5.88 Å². The number of nitrogens with one attached hydrogen (secondary N) is 1. The monoisotopic (exact) mass is 291 g/mol. The van der Waals surface area contributed by atoms with E-state index in [1.165, 1.54) is 32.1 Å². The largest absolute Gasteiger partial charge is 0.481 e. The lowest BCUT2D eigenvalue weighted by atomic mass is 9.75. The maximum absolute atomic E-state index is 5.48. The minimum Gasteiger partial charge on any atom is -0.481 e. The number of rotatable bonds is 3. The molecule has 2 heterocycles. The highest BCUT2D eigenvalue weighted by Gasteiger charge is 2.28. The van der Waals surface area contributed by atoms with Gasteiger partial charge in [-0.25, -0.2) is 0 Å². The number of aromatic nitrogens is 3. The van der Waals surface area contributed by atoms with Gasteiger partial charge in [0.1, 0.15) is 0 Å². The molecule has 0 unspecified atom stereocenters. The lowest BCUT2D eigenvalue weighted by molar-refractivity contribution is 0.184. The van der Waals surface area contributed by atoms with Gasteiger partial charge in [0.25, 0.3) is 0 Å². The first kappa shape index (κ1) is 13.6. The fourth-order valence-electron chi connectivity index (χ4n) is 3.22. The van der Waals surface area contributed by atoms with Crippen LogP contribution in [0.2, 0.25) is 0 Å². The van der Waals surface area contributed by atoms with Crippen LogP contribution in [0.5, 0.6) is 5.88 Å². The quantitative estimate of drug-likeness (QED) is 0.867. The molecule has 0 aromatic carbocycles. The number of methoxy groups -OCH3 is 1. The molecular weight excluding hydrogens is 270 g/mol. The van der Waals surface area contributed by atoms with Crippen molar-refractivity contribution in [1.29, 1.82) is 0 Å². The minimum atomic E-state index is 0.330. The standard InChI is InChI=1S/C15H21N3OS/c1-15(8-4-3-5-9-15)10-18-13-11(16-14(18)20)6-7-12(17-13)19-2/h6-7H,3-5,8-10H2,1-2H3,(H,16,20). The summed E-state index contributed by atoms with van der Waals surface area (Å²) in [6.07, 6.45) is 6.55. The topological polar surface area (TPSA) is 42.8 Å². The van der Waals surface area contributed by atoms with E-state index in [1.54, 1.807) is 7.11 Å². The Labute approximate surface area is 124 Å². The van der Waals surface area contributed by atoms with Crippen LogP contribution in [-0.4, -0.2) is 21.6 Å². The molecule has 108 valence electrons. The van der Waals surface area contributed by atoms with E-state index in [-0.39, 0.29) is 0 Å². The van der Waals surface area contributed by atoms with Crippen molar-refractivity contribution in [2.24, 2.45) is 5.41 Å². The van der Waals surface area contributed by atoms with Crippen molar-refractivity contribution in [2.45, 2.75) is 45.6 Å². The molecular formula is C15H21N3OS. The number of H-pyrrole nitrogens is 1. The van der Waals surface area contributed by atoms with Crippen molar-refractivity contribution in [3.63, 3.8) is 0 Å². The number of fused-ring (bicyclic) bond motifs is 1. The SMILES string of the molecule is COc1ccc2[nH]c(=S)n(CC3(C)CCCCC3)c2n1. The Hall–Kier alpha value is -1.36. The molecule has 0 atom stereocenters. The Morgan fingerprint density at radius 1 is 1.35 bits per heavy atom. The molecule has 0 spiro atoms. The molecule has 1 aliphatic carbocycles. The van der Waals surface area contributed by atoms with Gasteiger partial charge in [-0.05, 0) is 36.5 Å². The zero-order valence-corrected chi connectivity index (χ0v) is 12.9. The molecule has 2 aromatic rings. The summed E-state index contributed by atoms with van der Waals surface area (Å²) >= 11 is 5.48. The van der Waals surface area contributed by atoms with Crippen molar-refractivity contribution in [2.75, 3.05) is 7.11 Å². The third-order valence-corrected chi connectivity index (χ3v) is 4.72. The highest BCUT2D eigenvalue weighted by Crippen LogP contribution is 2.37. The van der Waals surface area contributed by atoms with Gasteiger partial charge in [-0.15, -0.1) is 0 Å². The third-order valence-electron chi connectivity index (χ3n) is 4.40. The average molecular weight is 291 g/mol. The van der Waals surface area contributed by atoms with Crippen LogP contribution in [0, 0.1) is 10.2 Å². The van der Waals surface area contributed by atoms with E-state index in [9.17, 15) is 0 Å². The van der Waals surface area contributed by atoms with Gasteiger partial charge in [0.2, 0.25) is 5.88 Å². The lowest BCUT2D eigenvalue weighted by Crippen LogP contribution is -2.26. The van der Waals surface area contributed by atoms with Gasteiger partial charge in [-0.2, -0.15) is 4.98 Å². The van der Waals surface area contributed by atoms with Crippen LogP contribution in [0.15, 0.2) is 12.1 Å². The van der Waals surface area contributed by atoms with Gasteiger partial charge >= 0.3 is 0 Å². The average Bonchev–Trinajstić information content (AvgIpc) is 2.75. The Bertz CT molecular complexity index is 667. The van der Waals surface area contributed by atoms with Crippen LogP contribution in [0.3, 0.4) is 0 Å². The van der Waals surface area contributed by atoms with Crippen molar-refractivity contribution >= 4 is 23.4 Å². The Kier molecular flexibility index (Phi) is 3.54. The third kappa shape index (κ3) is 2.46. The first-order valence-corrected chi connectivity index (χ1v) is 7.66. The molecule has 0 bridgehead atoms. The number of hydrogen-bond acceptors (Lipinski definition) is 3. The molecule has 1 fully saturated rings. The van der Waals surface area contributed by atoms with Crippen LogP contribution in [0.1, 0.15) is 39.0 Å².